The Morgan fingerprint density at radius 2 is 1.94 bits per heavy atom. The maximum atomic E-state index is 5.44. The highest BCUT2D eigenvalue weighted by Crippen LogP contribution is 2.43. The Kier molecular flexibility index (Phi) is 4.92. The number of hydrogen-bond acceptors (Lipinski definition) is 3. The van der Waals surface area contributed by atoms with E-state index in [-0.39, 0.29) is 4.83 Å². The Morgan fingerprint density at radius 1 is 1.28 bits per heavy atom. The van der Waals surface area contributed by atoms with Crippen LogP contribution in [0.25, 0.3) is 0 Å². The summed E-state index contributed by atoms with van der Waals surface area (Å²) in [6, 6.07) is 3.96. The van der Waals surface area contributed by atoms with Crippen LogP contribution in [0.15, 0.2) is 16.6 Å². The lowest BCUT2D eigenvalue weighted by atomic mass is 9.98. The van der Waals surface area contributed by atoms with Crippen molar-refractivity contribution in [3.63, 3.8) is 0 Å². The van der Waals surface area contributed by atoms with Gasteiger partial charge >= 0.3 is 0 Å². The summed E-state index contributed by atoms with van der Waals surface area (Å²) >= 11 is 7.36. The molecule has 0 N–H and O–H groups in total. The van der Waals surface area contributed by atoms with Crippen LogP contribution in [0.1, 0.15) is 16.8 Å². The predicted octanol–water partition coefficient (Wildman–Crippen LogP) is 3.94. The highest BCUT2D eigenvalue weighted by molar-refractivity contribution is 9.11. The molecule has 2 unspecified atom stereocenters. The van der Waals surface area contributed by atoms with Crippen molar-refractivity contribution in [2.24, 2.45) is 5.92 Å². The van der Waals surface area contributed by atoms with Crippen LogP contribution in [0.2, 0.25) is 0 Å². The summed E-state index contributed by atoms with van der Waals surface area (Å²) in [6.07, 6.45) is 1.08. The predicted molar refractivity (Wildman–Crippen MR) is 77.8 cm³/mol. The van der Waals surface area contributed by atoms with E-state index in [0.717, 1.165) is 35.6 Å². The molecule has 0 aliphatic carbocycles. The van der Waals surface area contributed by atoms with Gasteiger partial charge in [0, 0.05) is 21.8 Å². The molecule has 0 saturated carbocycles. The van der Waals surface area contributed by atoms with Gasteiger partial charge in [-0.25, -0.2) is 0 Å². The maximum absolute atomic E-state index is 5.44. The van der Waals surface area contributed by atoms with Gasteiger partial charge in [0.25, 0.3) is 0 Å². The topological polar surface area (TPSA) is 27.7 Å². The van der Waals surface area contributed by atoms with Gasteiger partial charge in [0.05, 0.1) is 20.8 Å². The van der Waals surface area contributed by atoms with E-state index in [1.165, 1.54) is 5.56 Å². The number of hydrogen-bond donors (Lipinski definition) is 0. The molecule has 1 aliphatic rings. The maximum Gasteiger partial charge on any atom is 0.161 e. The van der Waals surface area contributed by atoms with Crippen LogP contribution in [0.4, 0.5) is 0 Å². The molecule has 1 aromatic rings. The van der Waals surface area contributed by atoms with Gasteiger partial charge in [-0.2, -0.15) is 0 Å². The van der Waals surface area contributed by atoms with E-state index in [2.05, 4.69) is 31.9 Å². The molecule has 1 heterocycles. The van der Waals surface area contributed by atoms with E-state index in [9.17, 15) is 0 Å². The molecule has 18 heavy (non-hydrogen) atoms. The number of methoxy groups -OCH3 is 2. The Hall–Kier alpha value is -0.260. The number of alkyl halides is 1. The molecule has 2 atom stereocenters. The fraction of sp³-hybridized carbons (Fsp3) is 0.538. The third-order valence-electron chi connectivity index (χ3n) is 3.18. The lowest BCUT2D eigenvalue weighted by Crippen LogP contribution is -2.08. The van der Waals surface area contributed by atoms with E-state index in [0.29, 0.717) is 5.92 Å². The first-order valence-electron chi connectivity index (χ1n) is 5.80. The van der Waals surface area contributed by atoms with Gasteiger partial charge in [0.2, 0.25) is 0 Å². The number of rotatable bonds is 4. The summed E-state index contributed by atoms with van der Waals surface area (Å²) < 4.78 is 17.1. The monoisotopic (exact) mass is 378 g/mol. The zero-order valence-electron chi connectivity index (χ0n) is 10.4. The van der Waals surface area contributed by atoms with E-state index in [4.69, 9.17) is 14.2 Å². The fourth-order valence-corrected chi connectivity index (χ4v) is 3.79. The second-order valence-electron chi connectivity index (χ2n) is 4.25. The fourth-order valence-electron chi connectivity index (χ4n) is 2.12. The molecule has 3 nitrogen and oxygen atoms in total. The van der Waals surface area contributed by atoms with Crippen LogP contribution in [-0.2, 0) is 4.74 Å². The lowest BCUT2D eigenvalue weighted by molar-refractivity contribution is 0.185. The van der Waals surface area contributed by atoms with Crippen molar-refractivity contribution in [1.29, 1.82) is 0 Å². The van der Waals surface area contributed by atoms with Crippen LogP contribution < -0.4 is 9.47 Å². The Balaban J connectivity index is 2.31. The van der Waals surface area contributed by atoms with Gasteiger partial charge in [0.1, 0.15) is 0 Å². The Bertz CT molecular complexity index is 417. The molecule has 100 valence electrons. The van der Waals surface area contributed by atoms with Crippen molar-refractivity contribution in [1.82, 2.24) is 0 Å². The van der Waals surface area contributed by atoms with Crippen molar-refractivity contribution in [2.75, 3.05) is 27.4 Å². The zero-order chi connectivity index (χ0) is 13.1. The van der Waals surface area contributed by atoms with Crippen LogP contribution in [0, 0.1) is 5.92 Å². The number of ether oxygens (including phenoxy) is 3. The zero-order valence-corrected chi connectivity index (χ0v) is 13.6. The molecule has 0 aromatic heterocycles. The molecule has 0 amide bonds. The van der Waals surface area contributed by atoms with Crippen LogP contribution >= 0.6 is 31.9 Å². The molecule has 0 radical (unpaired) electrons. The average molecular weight is 380 g/mol. The van der Waals surface area contributed by atoms with Gasteiger partial charge < -0.3 is 14.2 Å². The number of benzene rings is 1. The SMILES string of the molecule is COc1cc(Br)c(C(Br)C2CCOC2)cc1OC. The second kappa shape index (κ2) is 6.26. The van der Waals surface area contributed by atoms with Gasteiger partial charge in [0.15, 0.2) is 11.5 Å². The molecule has 1 aliphatic heterocycles. The van der Waals surface area contributed by atoms with Gasteiger partial charge in [-0.15, -0.1) is 0 Å². The first-order chi connectivity index (χ1) is 8.67. The Morgan fingerprint density at radius 3 is 2.50 bits per heavy atom. The summed E-state index contributed by atoms with van der Waals surface area (Å²) in [6.45, 7) is 1.65. The Labute approximate surface area is 124 Å². The molecular weight excluding hydrogens is 364 g/mol. The molecule has 5 heteroatoms. The highest BCUT2D eigenvalue weighted by Gasteiger charge is 2.27. The highest BCUT2D eigenvalue weighted by atomic mass is 79.9. The smallest absolute Gasteiger partial charge is 0.161 e. The molecule has 1 fully saturated rings. The minimum Gasteiger partial charge on any atom is -0.493 e. The standard InChI is InChI=1S/C13H16Br2O3/c1-16-11-5-9(10(14)6-12(11)17-2)13(15)8-3-4-18-7-8/h5-6,8,13H,3-4,7H2,1-2H3. The normalized spacial score (nSPS) is 20.8. The van der Waals surface area contributed by atoms with Crippen molar-refractivity contribution < 1.29 is 14.2 Å². The molecule has 0 spiro atoms. The summed E-state index contributed by atoms with van der Waals surface area (Å²) in [5, 5.41) is 0. The summed E-state index contributed by atoms with van der Waals surface area (Å²) in [7, 11) is 3.29. The summed E-state index contributed by atoms with van der Waals surface area (Å²) in [4.78, 5) is 0.259. The largest absolute Gasteiger partial charge is 0.493 e. The summed E-state index contributed by atoms with van der Waals surface area (Å²) in [5.74, 6) is 1.98. The van der Waals surface area contributed by atoms with Gasteiger partial charge in [-0.3, -0.25) is 0 Å². The lowest BCUT2D eigenvalue weighted by Gasteiger charge is -2.19. The van der Waals surface area contributed by atoms with E-state index in [1.54, 1.807) is 14.2 Å². The molecule has 1 saturated heterocycles. The molecule has 0 bridgehead atoms. The third-order valence-corrected chi connectivity index (χ3v) is 5.11. The van der Waals surface area contributed by atoms with Crippen molar-refractivity contribution in [3.05, 3.63) is 22.2 Å². The quantitative estimate of drug-likeness (QED) is 0.741. The van der Waals surface area contributed by atoms with Crippen LogP contribution in [0.3, 0.4) is 0 Å². The molecule has 1 aromatic carbocycles. The third kappa shape index (κ3) is 2.83. The summed E-state index contributed by atoms with van der Waals surface area (Å²) in [5.41, 5.74) is 1.17. The van der Waals surface area contributed by atoms with Crippen molar-refractivity contribution in [2.45, 2.75) is 11.2 Å². The van der Waals surface area contributed by atoms with Gasteiger partial charge in [-0.05, 0) is 24.1 Å². The van der Waals surface area contributed by atoms with Gasteiger partial charge in [-0.1, -0.05) is 31.9 Å². The van der Waals surface area contributed by atoms with Crippen molar-refractivity contribution >= 4 is 31.9 Å². The number of halogens is 2. The van der Waals surface area contributed by atoms with Crippen molar-refractivity contribution in [3.8, 4) is 11.5 Å². The van der Waals surface area contributed by atoms with E-state index >= 15 is 0 Å². The first kappa shape index (κ1) is 14.2. The molecular formula is C13H16Br2O3. The molecule has 2 rings (SSSR count). The second-order valence-corrected chi connectivity index (χ2v) is 6.09. The first-order valence-corrected chi connectivity index (χ1v) is 7.51. The minimum atomic E-state index is 0.259. The van der Waals surface area contributed by atoms with E-state index in [1.807, 2.05) is 12.1 Å². The van der Waals surface area contributed by atoms with Crippen LogP contribution in [0.5, 0.6) is 11.5 Å². The van der Waals surface area contributed by atoms with E-state index < -0.39 is 0 Å². The van der Waals surface area contributed by atoms with Crippen LogP contribution in [-0.4, -0.2) is 27.4 Å². The average Bonchev–Trinajstić information content (AvgIpc) is 2.91. The minimum absolute atomic E-state index is 0.259.